The molecular weight excluding hydrogens is 408 g/mol. The molecule has 3 heterocycles. The van der Waals surface area contributed by atoms with Crippen molar-refractivity contribution in [2.75, 3.05) is 13.2 Å². The molecule has 1 saturated heterocycles. The maximum atomic E-state index is 6.37. The van der Waals surface area contributed by atoms with E-state index < -0.39 is 0 Å². The van der Waals surface area contributed by atoms with Gasteiger partial charge in [-0.2, -0.15) is 0 Å². The Bertz CT molecular complexity index is 1240. The summed E-state index contributed by atoms with van der Waals surface area (Å²) < 4.78 is 11.6. The van der Waals surface area contributed by atoms with Crippen LogP contribution in [0.25, 0.3) is 33.3 Å². The fourth-order valence-electron chi connectivity index (χ4n) is 4.69. The second-order valence-electron chi connectivity index (χ2n) is 8.25. The maximum absolute atomic E-state index is 6.37. The van der Waals surface area contributed by atoms with Crippen LogP contribution >= 0.6 is 11.6 Å². The highest BCUT2D eigenvalue weighted by molar-refractivity contribution is 6.34. The lowest BCUT2D eigenvalue weighted by Crippen LogP contribution is -2.43. The summed E-state index contributed by atoms with van der Waals surface area (Å²) in [7, 11) is 0. The van der Waals surface area contributed by atoms with Gasteiger partial charge in [0.05, 0.1) is 24.4 Å². The van der Waals surface area contributed by atoms with Crippen molar-refractivity contribution in [1.82, 2.24) is 9.97 Å². The Hall–Kier alpha value is -2.79. The summed E-state index contributed by atoms with van der Waals surface area (Å²) in [6.45, 7) is 1.42. The van der Waals surface area contributed by atoms with Gasteiger partial charge in [0.1, 0.15) is 5.15 Å². The summed E-state index contributed by atoms with van der Waals surface area (Å²) in [5, 5.41) is 1.33. The van der Waals surface area contributed by atoms with Crippen molar-refractivity contribution in [2.24, 2.45) is 0 Å². The van der Waals surface area contributed by atoms with Crippen LogP contribution in [0.2, 0.25) is 5.15 Å². The van der Waals surface area contributed by atoms with Gasteiger partial charge >= 0.3 is 0 Å². The van der Waals surface area contributed by atoms with Crippen LogP contribution in [0.5, 0.6) is 0 Å². The Morgan fingerprint density at radius 3 is 2.35 bits per heavy atom. The third-order valence-corrected chi connectivity index (χ3v) is 6.66. The number of rotatable bonds is 3. The minimum atomic E-state index is -0.322. The monoisotopic (exact) mass is 428 g/mol. The van der Waals surface area contributed by atoms with Gasteiger partial charge in [-0.05, 0) is 29.2 Å². The van der Waals surface area contributed by atoms with E-state index >= 15 is 0 Å². The first-order valence-corrected chi connectivity index (χ1v) is 11.0. The molecule has 0 atom stereocenters. The molecule has 0 bridgehead atoms. The van der Waals surface area contributed by atoms with Gasteiger partial charge in [0.15, 0.2) is 5.79 Å². The molecule has 2 aliphatic rings. The molecule has 6 rings (SSSR count). The van der Waals surface area contributed by atoms with Crippen molar-refractivity contribution in [2.45, 2.75) is 24.5 Å². The summed E-state index contributed by atoms with van der Waals surface area (Å²) >= 11 is 6.37. The number of halogens is 1. The number of nitrogens with zero attached hydrogens (tertiary/aromatic N) is 2. The highest BCUT2D eigenvalue weighted by Gasteiger charge is 2.49. The van der Waals surface area contributed by atoms with Crippen molar-refractivity contribution in [3.63, 3.8) is 0 Å². The molecule has 4 aromatic rings. The summed E-state index contributed by atoms with van der Waals surface area (Å²) in [5.41, 5.74) is 6.34. The van der Waals surface area contributed by atoms with Crippen LogP contribution in [0.1, 0.15) is 24.3 Å². The number of ether oxygens (including phenoxy) is 2. The second kappa shape index (κ2) is 7.41. The molecule has 2 aromatic heterocycles. The van der Waals surface area contributed by atoms with E-state index in [9.17, 15) is 0 Å². The molecule has 0 unspecified atom stereocenters. The molecule has 0 radical (unpaired) electrons. The summed E-state index contributed by atoms with van der Waals surface area (Å²) in [5.74, 6) is 0.159. The van der Waals surface area contributed by atoms with Crippen molar-refractivity contribution in [3.8, 4) is 22.4 Å². The first-order chi connectivity index (χ1) is 15.2. The summed E-state index contributed by atoms with van der Waals surface area (Å²) in [4.78, 5) is 9.21. The van der Waals surface area contributed by atoms with E-state index in [4.69, 9.17) is 26.1 Å². The molecule has 0 amide bonds. The fourth-order valence-corrected chi connectivity index (χ4v) is 4.90. The molecule has 0 N–H and O–H groups in total. The van der Waals surface area contributed by atoms with Crippen molar-refractivity contribution in [1.29, 1.82) is 0 Å². The van der Waals surface area contributed by atoms with Crippen LogP contribution < -0.4 is 0 Å². The maximum Gasteiger partial charge on any atom is 0.169 e. The van der Waals surface area contributed by atoms with Crippen molar-refractivity contribution < 1.29 is 9.47 Å². The van der Waals surface area contributed by atoms with Gasteiger partial charge in [0.25, 0.3) is 0 Å². The molecule has 154 valence electrons. The zero-order valence-corrected chi connectivity index (χ0v) is 17.7. The van der Waals surface area contributed by atoms with E-state index in [0.717, 1.165) is 46.1 Å². The van der Waals surface area contributed by atoms with Gasteiger partial charge in [0.2, 0.25) is 0 Å². The van der Waals surface area contributed by atoms with Gasteiger partial charge in [-0.15, -0.1) is 0 Å². The Kier molecular flexibility index (Phi) is 4.53. The molecule has 1 aliphatic carbocycles. The van der Waals surface area contributed by atoms with E-state index in [0.29, 0.717) is 24.3 Å². The van der Waals surface area contributed by atoms with E-state index in [2.05, 4.69) is 47.4 Å². The van der Waals surface area contributed by atoms with Crippen molar-refractivity contribution >= 4 is 22.5 Å². The molecule has 5 heteroatoms. The normalized spacial score (nSPS) is 17.8. The van der Waals surface area contributed by atoms with Gasteiger partial charge in [0, 0.05) is 35.6 Å². The minimum Gasteiger partial charge on any atom is -0.347 e. The van der Waals surface area contributed by atoms with Crippen molar-refractivity contribution in [3.05, 3.63) is 83.6 Å². The topological polar surface area (TPSA) is 44.2 Å². The van der Waals surface area contributed by atoms with Gasteiger partial charge in [-0.25, -0.2) is 9.97 Å². The smallest absolute Gasteiger partial charge is 0.169 e. The van der Waals surface area contributed by atoms with Crippen LogP contribution in [0, 0.1) is 0 Å². The highest BCUT2D eigenvalue weighted by Crippen LogP contribution is 2.49. The zero-order chi connectivity index (χ0) is 20.8. The molecule has 4 nitrogen and oxygen atoms in total. The lowest BCUT2D eigenvalue weighted by atomic mass is 9.74. The fraction of sp³-hybridized carbons (Fsp3) is 0.231. The van der Waals surface area contributed by atoms with Crippen LogP contribution in [0.3, 0.4) is 0 Å². The molecule has 1 spiro atoms. The number of fused-ring (bicyclic) bond motifs is 1. The molecular formula is C26H21ClN2O2. The van der Waals surface area contributed by atoms with Crippen LogP contribution in [0.4, 0.5) is 0 Å². The Morgan fingerprint density at radius 1 is 0.871 bits per heavy atom. The summed E-state index contributed by atoms with van der Waals surface area (Å²) in [6, 6.07) is 23.0. The third kappa shape index (κ3) is 3.32. The molecule has 31 heavy (non-hydrogen) atoms. The second-order valence-corrected chi connectivity index (χ2v) is 8.61. The standard InChI is InChI=1S/C26H21ClN2O2/c27-25-22-14-21(18-4-2-1-3-5-18)24(29-23(22)10-11-28-25)19-8-6-17(7-9-19)20-15-26(16-20)30-12-13-31-26/h1-11,14,20H,12-13,15-16H2. The highest BCUT2D eigenvalue weighted by atomic mass is 35.5. The number of benzene rings is 2. The number of hydrogen-bond donors (Lipinski definition) is 0. The van der Waals surface area contributed by atoms with E-state index in [1.165, 1.54) is 5.56 Å². The van der Waals surface area contributed by atoms with E-state index in [1.807, 2.05) is 24.3 Å². The zero-order valence-electron chi connectivity index (χ0n) is 16.9. The average molecular weight is 429 g/mol. The van der Waals surface area contributed by atoms with Gasteiger partial charge in [-0.3, -0.25) is 0 Å². The molecule has 1 saturated carbocycles. The Morgan fingerprint density at radius 2 is 1.61 bits per heavy atom. The predicted octanol–water partition coefficient (Wildman–Crippen LogP) is 6.24. The van der Waals surface area contributed by atoms with Gasteiger partial charge in [-0.1, -0.05) is 66.2 Å². The number of aromatic nitrogens is 2. The third-order valence-electron chi connectivity index (χ3n) is 6.36. The predicted molar refractivity (Wildman–Crippen MR) is 122 cm³/mol. The first kappa shape index (κ1) is 18.9. The van der Waals surface area contributed by atoms with Crippen LogP contribution in [-0.4, -0.2) is 29.0 Å². The lowest BCUT2D eigenvalue weighted by molar-refractivity contribution is -0.215. The van der Waals surface area contributed by atoms with E-state index in [1.54, 1.807) is 6.20 Å². The molecule has 2 aromatic carbocycles. The molecule has 2 fully saturated rings. The minimum absolute atomic E-state index is 0.322. The summed E-state index contributed by atoms with van der Waals surface area (Å²) in [6.07, 6.45) is 3.56. The number of pyridine rings is 2. The molecule has 1 aliphatic heterocycles. The quantitative estimate of drug-likeness (QED) is 0.362. The Balaban J connectivity index is 1.39. The van der Waals surface area contributed by atoms with Gasteiger partial charge < -0.3 is 9.47 Å². The largest absolute Gasteiger partial charge is 0.347 e. The SMILES string of the molecule is Clc1nccc2nc(-c3ccc(C4CC5(C4)OCCO5)cc3)c(-c3ccccc3)cc12. The van der Waals surface area contributed by atoms with E-state index in [-0.39, 0.29) is 5.79 Å². The Labute approximate surface area is 185 Å². The van der Waals surface area contributed by atoms with Crippen LogP contribution in [0.15, 0.2) is 72.9 Å². The number of hydrogen-bond acceptors (Lipinski definition) is 4. The van der Waals surface area contributed by atoms with Crippen LogP contribution in [-0.2, 0) is 9.47 Å². The first-order valence-electron chi connectivity index (χ1n) is 10.6. The average Bonchev–Trinajstić information content (AvgIpc) is 3.29. The lowest BCUT2D eigenvalue weighted by Gasteiger charge is -2.43.